The summed E-state index contributed by atoms with van der Waals surface area (Å²) in [6.45, 7) is 9.92. The van der Waals surface area contributed by atoms with Gasteiger partial charge in [0, 0.05) is 25.2 Å². The standard InChI is InChI=1S/C25H34N2O3/c1-20(2)17-30-23-7-4-3-6-21(23)16-26-13-10-25(11-14-26)9-5-12-27(19-25)24(28)22-8-15-29-18-22/h3-4,6-8,15,18,20H,5,9-14,16-17,19H2,1-2H3. The van der Waals surface area contributed by atoms with Crippen LogP contribution in [0.15, 0.2) is 47.3 Å². The van der Waals surface area contributed by atoms with Gasteiger partial charge in [-0.05, 0) is 62.2 Å². The van der Waals surface area contributed by atoms with Crippen molar-refractivity contribution in [2.24, 2.45) is 11.3 Å². The average Bonchev–Trinajstić information content (AvgIpc) is 3.29. The van der Waals surface area contributed by atoms with Crippen molar-refractivity contribution >= 4 is 5.91 Å². The minimum absolute atomic E-state index is 0.112. The van der Waals surface area contributed by atoms with Crippen LogP contribution in [0, 0.1) is 11.3 Å². The Balaban J connectivity index is 1.34. The summed E-state index contributed by atoms with van der Waals surface area (Å²) in [6, 6.07) is 10.2. The van der Waals surface area contributed by atoms with E-state index in [4.69, 9.17) is 9.15 Å². The number of carbonyl (C=O) groups is 1. The molecule has 1 amide bonds. The van der Waals surface area contributed by atoms with Crippen LogP contribution in [-0.2, 0) is 6.54 Å². The van der Waals surface area contributed by atoms with Crippen molar-refractivity contribution in [3.63, 3.8) is 0 Å². The highest BCUT2D eigenvalue weighted by Gasteiger charge is 2.40. The molecule has 0 saturated carbocycles. The van der Waals surface area contributed by atoms with Gasteiger partial charge >= 0.3 is 0 Å². The molecule has 1 aromatic heterocycles. The van der Waals surface area contributed by atoms with Crippen molar-refractivity contribution in [3.05, 3.63) is 54.0 Å². The number of hydrogen-bond acceptors (Lipinski definition) is 4. The van der Waals surface area contributed by atoms with Gasteiger partial charge in [-0.3, -0.25) is 9.69 Å². The molecule has 1 spiro atoms. The summed E-state index contributed by atoms with van der Waals surface area (Å²) in [4.78, 5) is 17.4. The molecule has 2 aliphatic rings. The third kappa shape index (κ3) is 4.89. The Morgan fingerprint density at radius 3 is 2.67 bits per heavy atom. The van der Waals surface area contributed by atoms with Crippen molar-refractivity contribution < 1.29 is 13.9 Å². The van der Waals surface area contributed by atoms with Crippen molar-refractivity contribution in [1.29, 1.82) is 0 Å². The van der Waals surface area contributed by atoms with E-state index in [9.17, 15) is 4.79 Å². The van der Waals surface area contributed by atoms with E-state index in [0.29, 0.717) is 11.5 Å². The number of rotatable bonds is 6. The van der Waals surface area contributed by atoms with Crippen molar-refractivity contribution in [2.75, 3.05) is 32.8 Å². The fourth-order valence-corrected chi connectivity index (χ4v) is 4.82. The van der Waals surface area contributed by atoms with Crippen LogP contribution < -0.4 is 4.74 Å². The lowest BCUT2D eigenvalue weighted by Crippen LogP contribution is -2.50. The monoisotopic (exact) mass is 410 g/mol. The van der Waals surface area contributed by atoms with E-state index >= 15 is 0 Å². The molecule has 0 atom stereocenters. The normalized spacial score (nSPS) is 19.4. The average molecular weight is 411 g/mol. The van der Waals surface area contributed by atoms with Crippen LogP contribution in [0.2, 0.25) is 0 Å². The molecule has 3 heterocycles. The minimum Gasteiger partial charge on any atom is -0.493 e. The van der Waals surface area contributed by atoms with E-state index in [1.165, 1.54) is 12.0 Å². The Bertz CT molecular complexity index is 823. The number of hydrogen-bond donors (Lipinski definition) is 0. The first-order valence-corrected chi connectivity index (χ1v) is 11.3. The third-order valence-electron chi connectivity index (χ3n) is 6.57. The molecule has 0 bridgehead atoms. The molecule has 0 radical (unpaired) electrons. The summed E-state index contributed by atoms with van der Waals surface area (Å²) < 4.78 is 11.2. The molecule has 0 aliphatic carbocycles. The molecule has 1 aromatic carbocycles. The number of benzene rings is 1. The number of carbonyl (C=O) groups excluding carboxylic acids is 1. The Morgan fingerprint density at radius 2 is 1.93 bits per heavy atom. The van der Waals surface area contributed by atoms with Gasteiger partial charge in [0.15, 0.2) is 0 Å². The Hall–Kier alpha value is -2.27. The van der Waals surface area contributed by atoms with Gasteiger partial charge < -0.3 is 14.1 Å². The van der Waals surface area contributed by atoms with Gasteiger partial charge in [0.2, 0.25) is 0 Å². The number of likely N-dealkylation sites (tertiary alicyclic amines) is 2. The zero-order chi connectivity index (χ0) is 21.0. The van der Waals surface area contributed by atoms with Crippen molar-refractivity contribution in [1.82, 2.24) is 9.80 Å². The van der Waals surface area contributed by atoms with Crippen LogP contribution in [-0.4, -0.2) is 48.5 Å². The molecule has 5 heteroatoms. The van der Waals surface area contributed by atoms with Crippen LogP contribution in [0.25, 0.3) is 0 Å². The van der Waals surface area contributed by atoms with E-state index in [0.717, 1.165) is 64.3 Å². The smallest absolute Gasteiger partial charge is 0.257 e. The second-order valence-corrected chi connectivity index (χ2v) is 9.43. The van der Waals surface area contributed by atoms with Crippen LogP contribution in [0.3, 0.4) is 0 Å². The Labute approximate surface area is 180 Å². The zero-order valence-corrected chi connectivity index (χ0v) is 18.3. The van der Waals surface area contributed by atoms with Crippen LogP contribution >= 0.6 is 0 Å². The Morgan fingerprint density at radius 1 is 1.13 bits per heavy atom. The number of piperidine rings is 2. The summed E-state index contributed by atoms with van der Waals surface area (Å²) in [7, 11) is 0. The summed E-state index contributed by atoms with van der Waals surface area (Å²) in [5.41, 5.74) is 2.21. The largest absolute Gasteiger partial charge is 0.493 e. The van der Waals surface area contributed by atoms with E-state index in [2.05, 4.69) is 43.0 Å². The lowest BCUT2D eigenvalue weighted by atomic mass is 9.72. The van der Waals surface area contributed by atoms with Gasteiger partial charge in [0.05, 0.1) is 18.4 Å². The molecule has 0 unspecified atom stereocenters. The second kappa shape index (κ2) is 9.25. The molecule has 162 valence electrons. The minimum atomic E-state index is 0.112. The Kier molecular flexibility index (Phi) is 6.47. The van der Waals surface area contributed by atoms with Gasteiger partial charge in [-0.25, -0.2) is 0 Å². The predicted octanol–water partition coefficient (Wildman–Crippen LogP) is 4.83. The van der Waals surface area contributed by atoms with E-state index < -0.39 is 0 Å². The highest BCUT2D eigenvalue weighted by atomic mass is 16.5. The van der Waals surface area contributed by atoms with Crippen molar-refractivity contribution in [3.8, 4) is 5.75 Å². The maximum Gasteiger partial charge on any atom is 0.257 e. The van der Waals surface area contributed by atoms with Crippen LogP contribution in [0.4, 0.5) is 0 Å². The van der Waals surface area contributed by atoms with Crippen LogP contribution in [0.1, 0.15) is 55.5 Å². The first-order chi connectivity index (χ1) is 14.5. The first-order valence-electron chi connectivity index (χ1n) is 11.3. The quantitative estimate of drug-likeness (QED) is 0.684. The fourth-order valence-electron chi connectivity index (χ4n) is 4.82. The molecule has 2 saturated heterocycles. The topological polar surface area (TPSA) is 45.9 Å². The molecule has 2 fully saturated rings. The molecule has 5 nitrogen and oxygen atoms in total. The predicted molar refractivity (Wildman–Crippen MR) is 118 cm³/mol. The highest BCUT2D eigenvalue weighted by molar-refractivity contribution is 5.93. The molecule has 2 aromatic rings. The van der Waals surface area contributed by atoms with Crippen LogP contribution in [0.5, 0.6) is 5.75 Å². The van der Waals surface area contributed by atoms with E-state index in [-0.39, 0.29) is 11.3 Å². The molecule has 2 aliphatic heterocycles. The maximum atomic E-state index is 12.8. The third-order valence-corrected chi connectivity index (χ3v) is 6.57. The fraction of sp³-hybridized carbons (Fsp3) is 0.560. The number of amides is 1. The summed E-state index contributed by atoms with van der Waals surface area (Å²) >= 11 is 0. The molecule has 0 N–H and O–H groups in total. The number of ether oxygens (including phenoxy) is 1. The lowest BCUT2D eigenvalue weighted by molar-refractivity contribution is 0.0195. The highest BCUT2D eigenvalue weighted by Crippen LogP contribution is 2.40. The summed E-state index contributed by atoms with van der Waals surface area (Å²) in [5.74, 6) is 1.65. The van der Waals surface area contributed by atoms with Crippen molar-refractivity contribution in [2.45, 2.75) is 46.1 Å². The number of nitrogens with zero attached hydrogens (tertiary/aromatic N) is 2. The van der Waals surface area contributed by atoms with Gasteiger partial charge in [0.1, 0.15) is 12.0 Å². The molecular formula is C25H34N2O3. The van der Waals surface area contributed by atoms with E-state index in [1.807, 2.05) is 4.90 Å². The number of furan rings is 1. The first kappa shape index (κ1) is 21.0. The van der Waals surface area contributed by atoms with E-state index in [1.54, 1.807) is 18.6 Å². The molecule has 4 rings (SSSR count). The van der Waals surface area contributed by atoms with Gasteiger partial charge in [-0.15, -0.1) is 0 Å². The molecule has 30 heavy (non-hydrogen) atoms. The van der Waals surface area contributed by atoms with Gasteiger partial charge in [-0.1, -0.05) is 32.0 Å². The SMILES string of the molecule is CC(C)COc1ccccc1CN1CCC2(CCCN(C(=O)c3ccoc3)C2)CC1. The maximum absolute atomic E-state index is 12.8. The lowest BCUT2D eigenvalue weighted by Gasteiger charge is -2.47. The van der Waals surface area contributed by atoms with Gasteiger partial charge in [-0.2, -0.15) is 0 Å². The summed E-state index contributed by atoms with van der Waals surface area (Å²) in [5, 5.41) is 0. The second-order valence-electron chi connectivity index (χ2n) is 9.43. The number of para-hydroxylation sites is 1. The zero-order valence-electron chi connectivity index (χ0n) is 18.3. The summed E-state index contributed by atoms with van der Waals surface area (Å²) in [6.07, 6.45) is 7.76. The van der Waals surface area contributed by atoms with Gasteiger partial charge in [0.25, 0.3) is 5.91 Å². The molecular weight excluding hydrogens is 376 g/mol.